The minimum Gasteiger partial charge on any atom is -0.462 e. The molecule has 1 unspecified atom stereocenters. The van der Waals surface area contributed by atoms with E-state index in [-0.39, 0.29) is 30.0 Å². The topological polar surface area (TPSA) is 107 Å². The van der Waals surface area contributed by atoms with Gasteiger partial charge in [0.1, 0.15) is 11.7 Å². The second-order valence-electron chi connectivity index (χ2n) is 10.4. The molecule has 0 aliphatic heterocycles. The van der Waals surface area contributed by atoms with Crippen molar-refractivity contribution in [2.45, 2.75) is 71.5 Å². The Bertz CT molecular complexity index is 933. The maximum atomic E-state index is 13.1. The van der Waals surface area contributed by atoms with Gasteiger partial charge in [-0.2, -0.15) is 0 Å². The average Bonchev–Trinajstić information content (AvgIpc) is 2.97. The van der Waals surface area contributed by atoms with E-state index in [0.29, 0.717) is 12.8 Å². The fraction of sp³-hybridized carbons (Fsp3) is 0.680. The zero-order valence-electron chi connectivity index (χ0n) is 19.2. The first-order chi connectivity index (χ1) is 14.9. The van der Waals surface area contributed by atoms with Gasteiger partial charge in [0.05, 0.1) is 0 Å². The highest BCUT2D eigenvalue weighted by molar-refractivity contribution is 6.01. The Balaban J connectivity index is 1.73. The van der Waals surface area contributed by atoms with Crippen LogP contribution in [0.2, 0.25) is 0 Å². The van der Waals surface area contributed by atoms with E-state index >= 15 is 0 Å². The third-order valence-corrected chi connectivity index (χ3v) is 8.81. The monoisotopic (exact) mass is 444 g/mol. The van der Waals surface area contributed by atoms with Gasteiger partial charge in [-0.25, -0.2) is 0 Å². The zero-order chi connectivity index (χ0) is 23.5. The summed E-state index contributed by atoms with van der Waals surface area (Å²) in [7, 11) is 0. The lowest BCUT2D eigenvalue weighted by molar-refractivity contribution is -0.192. The lowest BCUT2D eigenvalue weighted by Gasteiger charge is -2.60. The van der Waals surface area contributed by atoms with Crippen molar-refractivity contribution in [3.63, 3.8) is 0 Å². The SMILES string of the molecule is CC(=O)OCC(=O)[C@@]1(O)CC[C@H]2[C@@H]3CCC4=CC(=O)C=C[C@]4(C)[C@H]3C(OC(C)=O)C[C@@]21C. The van der Waals surface area contributed by atoms with E-state index in [1.165, 1.54) is 13.8 Å². The number of ether oxygens (including phenoxy) is 2. The van der Waals surface area contributed by atoms with Crippen molar-refractivity contribution >= 4 is 23.5 Å². The summed E-state index contributed by atoms with van der Waals surface area (Å²) in [4.78, 5) is 48.4. The van der Waals surface area contributed by atoms with Crippen molar-refractivity contribution in [2.75, 3.05) is 6.61 Å². The van der Waals surface area contributed by atoms with Crippen molar-refractivity contribution in [3.05, 3.63) is 23.8 Å². The standard InChI is InChI=1S/C25H32O7/c1-14(26)31-13-21(29)25(30)10-8-19-18-6-5-16-11-17(28)7-9-23(16,3)22(18)20(32-15(2)27)12-24(19,25)4/h7,9,11,18-20,22,30H,5-6,8,10,12-13H2,1-4H3/t18-,19-,20?,22+,23-,24-,25-/m0/s1. The summed E-state index contributed by atoms with van der Waals surface area (Å²) in [5.74, 6) is -1.36. The van der Waals surface area contributed by atoms with Crippen LogP contribution in [-0.4, -0.2) is 46.9 Å². The Morgan fingerprint density at radius 2 is 1.88 bits per heavy atom. The van der Waals surface area contributed by atoms with Gasteiger partial charge in [-0.3, -0.25) is 19.2 Å². The van der Waals surface area contributed by atoms with E-state index in [1.54, 1.807) is 12.2 Å². The van der Waals surface area contributed by atoms with Gasteiger partial charge < -0.3 is 14.6 Å². The van der Waals surface area contributed by atoms with Crippen LogP contribution in [0.4, 0.5) is 0 Å². The molecule has 0 heterocycles. The number of esters is 2. The number of allylic oxidation sites excluding steroid dienone is 4. The summed E-state index contributed by atoms with van der Waals surface area (Å²) in [6.45, 7) is 6.16. The number of fused-ring (bicyclic) bond motifs is 5. The number of Topliss-reactive ketones (excluding diaryl/α,β-unsaturated/α-hetero) is 1. The molecule has 3 fully saturated rings. The van der Waals surface area contributed by atoms with Crippen molar-refractivity contribution in [1.29, 1.82) is 0 Å². The molecule has 0 aromatic carbocycles. The van der Waals surface area contributed by atoms with Gasteiger partial charge in [0, 0.05) is 30.6 Å². The van der Waals surface area contributed by atoms with E-state index in [1.807, 2.05) is 13.0 Å². The number of aliphatic hydroxyl groups is 1. The third kappa shape index (κ3) is 3.28. The highest BCUT2D eigenvalue weighted by Crippen LogP contribution is 2.67. The molecular formula is C25H32O7. The van der Waals surface area contributed by atoms with Gasteiger partial charge in [-0.15, -0.1) is 0 Å². The fourth-order valence-corrected chi connectivity index (χ4v) is 7.36. The van der Waals surface area contributed by atoms with E-state index < -0.39 is 46.9 Å². The minimum absolute atomic E-state index is 0.0214. The smallest absolute Gasteiger partial charge is 0.303 e. The van der Waals surface area contributed by atoms with Crippen molar-refractivity contribution < 1.29 is 33.8 Å². The third-order valence-electron chi connectivity index (χ3n) is 8.81. The Labute approximate surface area is 188 Å². The van der Waals surface area contributed by atoms with Gasteiger partial charge >= 0.3 is 11.9 Å². The molecule has 0 saturated heterocycles. The van der Waals surface area contributed by atoms with E-state index in [0.717, 1.165) is 18.4 Å². The van der Waals surface area contributed by atoms with Crippen LogP contribution in [0.5, 0.6) is 0 Å². The van der Waals surface area contributed by atoms with Crippen LogP contribution in [0.3, 0.4) is 0 Å². The Hall–Kier alpha value is -2.28. The molecule has 0 radical (unpaired) electrons. The first kappa shape index (κ1) is 22.9. The number of carbonyl (C=O) groups is 4. The second kappa shape index (κ2) is 7.65. The largest absolute Gasteiger partial charge is 0.462 e. The number of rotatable bonds is 4. The molecule has 0 spiro atoms. The van der Waals surface area contributed by atoms with Crippen LogP contribution in [0.25, 0.3) is 0 Å². The highest BCUT2D eigenvalue weighted by Gasteiger charge is 2.68. The lowest BCUT2D eigenvalue weighted by atomic mass is 9.46. The predicted molar refractivity (Wildman–Crippen MR) is 114 cm³/mol. The summed E-state index contributed by atoms with van der Waals surface area (Å²) in [6.07, 6.45) is 7.62. The lowest BCUT2D eigenvalue weighted by Crippen LogP contribution is -2.62. The molecule has 0 amide bonds. The molecule has 174 valence electrons. The van der Waals surface area contributed by atoms with Crippen LogP contribution < -0.4 is 0 Å². The summed E-state index contributed by atoms with van der Waals surface area (Å²) >= 11 is 0. The first-order valence-electron chi connectivity index (χ1n) is 11.4. The molecule has 4 aliphatic rings. The molecule has 3 saturated carbocycles. The van der Waals surface area contributed by atoms with Gasteiger partial charge in [0.15, 0.2) is 12.4 Å². The summed E-state index contributed by atoms with van der Waals surface area (Å²) < 4.78 is 10.8. The highest BCUT2D eigenvalue weighted by atomic mass is 16.5. The summed E-state index contributed by atoms with van der Waals surface area (Å²) in [6, 6.07) is 0. The maximum Gasteiger partial charge on any atom is 0.303 e. The molecule has 7 atom stereocenters. The fourth-order valence-electron chi connectivity index (χ4n) is 7.36. The van der Waals surface area contributed by atoms with Crippen molar-refractivity contribution in [2.24, 2.45) is 28.6 Å². The molecule has 0 aromatic rings. The molecule has 7 nitrogen and oxygen atoms in total. The Morgan fingerprint density at radius 1 is 1.16 bits per heavy atom. The van der Waals surface area contributed by atoms with Crippen LogP contribution in [0.15, 0.2) is 23.8 Å². The average molecular weight is 445 g/mol. The predicted octanol–water partition coefficient (Wildman–Crippen LogP) is 2.70. The molecule has 4 aliphatic carbocycles. The van der Waals surface area contributed by atoms with Gasteiger partial charge in [0.25, 0.3) is 0 Å². The quantitative estimate of drug-likeness (QED) is 0.664. The summed E-state index contributed by atoms with van der Waals surface area (Å²) in [5.41, 5.74) is -1.81. The number of hydrogen-bond acceptors (Lipinski definition) is 7. The van der Waals surface area contributed by atoms with Crippen LogP contribution in [0.1, 0.15) is 59.8 Å². The molecule has 32 heavy (non-hydrogen) atoms. The van der Waals surface area contributed by atoms with Gasteiger partial charge in [-0.1, -0.05) is 25.5 Å². The second-order valence-corrected chi connectivity index (χ2v) is 10.4. The molecular weight excluding hydrogens is 412 g/mol. The molecule has 4 rings (SSSR count). The first-order valence-corrected chi connectivity index (χ1v) is 11.4. The van der Waals surface area contributed by atoms with Crippen molar-refractivity contribution in [3.8, 4) is 0 Å². The molecule has 0 aromatic heterocycles. The Kier molecular flexibility index (Phi) is 5.47. The molecule has 1 N–H and O–H groups in total. The van der Waals surface area contributed by atoms with Gasteiger partial charge in [0.2, 0.25) is 5.78 Å². The van der Waals surface area contributed by atoms with Crippen LogP contribution in [0, 0.1) is 28.6 Å². The van der Waals surface area contributed by atoms with E-state index in [9.17, 15) is 24.3 Å². The zero-order valence-corrected chi connectivity index (χ0v) is 19.2. The minimum atomic E-state index is -1.65. The maximum absolute atomic E-state index is 13.1. The van der Waals surface area contributed by atoms with Crippen LogP contribution in [-0.2, 0) is 28.7 Å². The number of ketones is 2. The van der Waals surface area contributed by atoms with Gasteiger partial charge in [-0.05, 0) is 56.1 Å². The molecule has 7 heteroatoms. The number of hydrogen-bond donors (Lipinski definition) is 1. The van der Waals surface area contributed by atoms with Crippen molar-refractivity contribution in [1.82, 2.24) is 0 Å². The van der Waals surface area contributed by atoms with Crippen LogP contribution >= 0.6 is 0 Å². The summed E-state index contributed by atoms with van der Waals surface area (Å²) in [5, 5.41) is 11.6. The number of carbonyl (C=O) groups excluding carboxylic acids is 4. The molecule has 0 bridgehead atoms. The van der Waals surface area contributed by atoms with E-state index in [2.05, 4.69) is 6.92 Å². The normalized spacial score (nSPS) is 42.3. The van der Waals surface area contributed by atoms with E-state index in [4.69, 9.17) is 9.47 Å². The Morgan fingerprint density at radius 3 is 2.53 bits per heavy atom.